The number of rotatable bonds is 4. The first-order chi connectivity index (χ1) is 26.5. The first-order valence-corrected chi connectivity index (χ1v) is 21.7. The summed E-state index contributed by atoms with van der Waals surface area (Å²) in [5.74, 6) is 3.81. The van der Waals surface area contributed by atoms with E-state index in [1.54, 1.807) is 42.3 Å². The van der Waals surface area contributed by atoms with Gasteiger partial charge in [0.15, 0.2) is 0 Å². The molecule has 0 aliphatic rings. The normalized spacial score (nSPS) is 8.55. The van der Waals surface area contributed by atoms with Crippen molar-refractivity contribution in [2.24, 2.45) is 5.92 Å². The summed E-state index contributed by atoms with van der Waals surface area (Å²) in [7, 11) is 0. The van der Waals surface area contributed by atoms with Crippen molar-refractivity contribution in [3.63, 3.8) is 0 Å². The molecule has 5 aromatic rings. The van der Waals surface area contributed by atoms with E-state index in [-0.39, 0.29) is 0 Å². The van der Waals surface area contributed by atoms with Crippen LogP contribution in [0.1, 0.15) is 191 Å². The van der Waals surface area contributed by atoms with Crippen molar-refractivity contribution in [2.45, 2.75) is 169 Å². The Morgan fingerprint density at radius 1 is 0.382 bits per heavy atom. The Bertz CT molecular complexity index is 1130. The molecule has 0 amide bonds. The van der Waals surface area contributed by atoms with Gasteiger partial charge in [-0.3, -0.25) is 15.0 Å². The summed E-state index contributed by atoms with van der Waals surface area (Å²) in [6.45, 7) is 43.4. The molecule has 0 bridgehead atoms. The van der Waals surface area contributed by atoms with Crippen LogP contribution in [0.25, 0.3) is 0 Å². The van der Waals surface area contributed by atoms with Crippen LogP contribution in [0.15, 0.2) is 109 Å². The van der Waals surface area contributed by atoms with Gasteiger partial charge in [-0.25, -0.2) is 15.0 Å². The highest BCUT2D eigenvalue weighted by atomic mass is 32.1. The van der Waals surface area contributed by atoms with Gasteiger partial charge in [0.25, 0.3) is 0 Å². The molecule has 0 radical (unpaired) electrons. The van der Waals surface area contributed by atoms with E-state index in [0.717, 1.165) is 23.1 Å². The topological polar surface area (TPSA) is 77.3 Å². The molecule has 314 valence electrons. The highest BCUT2D eigenvalue weighted by molar-refractivity contribution is 7.09. The second kappa shape index (κ2) is 52.3. The molecule has 4 aromatic heterocycles. The van der Waals surface area contributed by atoms with E-state index < -0.39 is 0 Å². The highest BCUT2D eigenvalue weighted by Crippen LogP contribution is 2.15. The zero-order chi connectivity index (χ0) is 43.9. The second-order valence-electron chi connectivity index (χ2n) is 11.9. The Labute approximate surface area is 346 Å². The average molecular weight is 779 g/mol. The molecule has 7 heteroatoms. The van der Waals surface area contributed by atoms with Crippen LogP contribution >= 0.6 is 11.3 Å². The quantitative estimate of drug-likeness (QED) is 0.181. The van der Waals surface area contributed by atoms with Crippen molar-refractivity contribution in [2.75, 3.05) is 0 Å². The number of nitrogens with zero attached hydrogens (tertiary/aromatic N) is 6. The molecule has 0 saturated carbocycles. The predicted molar refractivity (Wildman–Crippen MR) is 250 cm³/mol. The lowest BCUT2D eigenvalue weighted by Gasteiger charge is -2.00. The fourth-order valence-electron chi connectivity index (χ4n) is 2.84. The molecule has 0 aliphatic carbocycles. The number of pyridine rings is 1. The Balaban J connectivity index is -0.000000127. The van der Waals surface area contributed by atoms with Crippen LogP contribution in [0.3, 0.4) is 0 Å². The van der Waals surface area contributed by atoms with Gasteiger partial charge in [0, 0.05) is 66.3 Å². The molecule has 0 atom stereocenters. The van der Waals surface area contributed by atoms with E-state index >= 15 is 0 Å². The van der Waals surface area contributed by atoms with Crippen molar-refractivity contribution in [3.05, 3.63) is 132 Å². The smallest absolute Gasteiger partial charge is 0.130 e. The van der Waals surface area contributed by atoms with Crippen LogP contribution < -0.4 is 0 Å². The van der Waals surface area contributed by atoms with Gasteiger partial charge in [-0.1, -0.05) is 188 Å². The third kappa shape index (κ3) is 48.1. The van der Waals surface area contributed by atoms with Crippen LogP contribution in [0, 0.1) is 5.92 Å². The summed E-state index contributed by atoms with van der Waals surface area (Å²) < 4.78 is 0. The van der Waals surface area contributed by atoms with E-state index in [0.29, 0.717) is 23.7 Å². The molecule has 55 heavy (non-hydrogen) atoms. The largest absolute Gasteiger partial charge is 0.261 e. The van der Waals surface area contributed by atoms with E-state index in [1.165, 1.54) is 5.01 Å². The fourth-order valence-corrected chi connectivity index (χ4v) is 3.49. The molecule has 1 aromatic carbocycles. The molecule has 0 spiro atoms. The lowest BCUT2D eigenvalue weighted by atomic mass is 10.1. The van der Waals surface area contributed by atoms with Crippen LogP contribution in [-0.4, -0.2) is 29.9 Å². The summed E-state index contributed by atoms with van der Waals surface area (Å²) in [5, 5.41) is 3.24. The maximum Gasteiger partial charge on any atom is 0.130 e. The predicted octanol–water partition coefficient (Wildman–Crippen LogP) is 16.2. The SMILES string of the molecule is CC.CC.CC.CC.CC.CC(C)C.CC(C)c1ccccn1.CC(C)c1cnccn1.CC(C)c1ncccn1.CC(C)c1nccs1.c1ccccc1. The summed E-state index contributed by atoms with van der Waals surface area (Å²) in [6, 6.07) is 19.8. The third-order valence-corrected chi connectivity index (χ3v) is 6.24. The zero-order valence-electron chi connectivity index (χ0n) is 39.4. The number of hydrogen-bond acceptors (Lipinski definition) is 7. The molecule has 0 fully saturated rings. The first kappa shape index (κ1) is 63.1. The zero-order valence-corrected chi connectivity index (χ0v) is 40.2. The maximum atomic E-state index is 4.18. The molecular formula is C48H86N6S. The minimum Gasteiger partial charge on any atom is -0.261 e. The van der Waals surface area contributed by atoms with Gasteiger partial charge >= 0.3 is 0 Å². The average Bonchev–Trinajstić information content (AvgIpc) is 3.80. The Morgan fingerprint density at radius 3 is 1.02 bits per heavy atom. The molecule has 6 nitrogen and oxygen atoms in total. The molecule has 0 saturated heterocycles. The van der Waals surface area contributed by atoms with Crippen LogP contribution in [0.5, 0.6) is 0 Å². The monoisotopic (exact) mass is 779 g/mol. The Hall–Kier alpha value is -3.84. The third-order valence-electron chi connectivity index (χ3n) is 5.17. The van der Waals surface area contributed by atoms with Crippen LogP contribution in [-0.2, 0) is 0 Å². The van der Waals surface area contributed by atoms with Crippen molar-refractivity contribution in [3.8, 4) is 0 Å². The van der Waals surface area contributed by atoms with Gasteiger partial charge < -0.3 is 0 Å². The Kier molecular flexibility index (Phi) is 60.0. The van der Waals surface area contributed by atoms with Crippen molar-refractivity contribution in [1.82, 2.24) is 29.9 Å². The summed E-state index contributed by atoms with van der Waals surface area (Å²) >= 11 is 1.72. The lowest BCUT2D eigenvalue weighted by molar-refractivity contribution is 0.737. The molecule has 0 N–H and O–H groups in total. The van der Waals surface area contributed by atoms with Gasteiger partial charge in [0.2, 0.25) is 0 Å². The standard InChI is InChI=1S/C8H11N.2C7H10N2.C6H9NS.C6H6.C4H10.5C2H6/c1-7(2)8-5-3-4-6-9-8;1-6(2)7-5-8-3-4-9-7;1-6(2)7-8-4-3-5-9-7;1-5(2)6-7-3-4-8-6;1-2-4-6-5-3-1;1-4(2)3;5*1-2/h3-7H,1-2H3;2*3-6H,1-2H3;3-5H,1-2H3;1-6H;4H,1-3H3;5*1-2H3. The number of benzene rings is 1. The second-order valence-corrected chi connectivity index (χ2v) is 12.8. The maximum absolute atomic E-state index is 4.18. The van der Waals surface area contributed by atoms with E-state index in [4.69, 9.17) is 0 Å². The van der Waals surface area contributed by atoms with E-state index in [2.05, 4.69) is 106 Å². The minimum atomic E-state index is 0.436. The van der Waals surface area contributed by atoms with Gasteiger partial charge in [-0.05, 0) is 36.0 Å². The highest BCUT2D eigenvalue weighted by Gasteiger charge is 1.99. The van der Waals surface area contributed by atoms with Crippen LogP contribution in [0.4, 0.5) is 0 Å². The van der Waals surface area contributed by atoms with Gasteiger partial charge in [-0.2, -0.15) is 0 Å². The van der Waals surface area contributed by atoms with E-state index in [1.807, 2.05) is 148 Å². The summed E-state index contributed by atoms with van der Waals surface area (Å²) in [6.07, 6.45) is 12.4. The van der Waals surface area contributed by atoms with Gasteiger partial charge in [0.1, 0.15) is 5.82 Å². The summed E-state index contributed by atoms with van der Waals surface area (Å²) in [4.78, 5) is 24.5. The van der Waals surface area contributed by atoms with E-state index in [9.17, 15) is 0 Å². The minimum absolute atomic E-state index is 0.436. The molecule has 0 aliphatic heterocycles. The van der Waals surface area contributed by atoms with Gasteiger partial charge in [0.05, 0.1) is 10.7 Å². The lowest BCUT2D eigenvalue weighted by Crippen LogP contribution is -1.93. The van der Waals surface area contributed by atoms with Gasteiger partial charge in [-0.15, -0.1) is 11.3 Å². The van der Waals surface area contributed by atoms with Crippen molar-refractivity contribution in [1.29, 1.82) is 0 Å². The van der Waals surface area contributed by atoms with Crippen molar-refractivity contribution >= 4 is 11.3 Å². The number of aromatic nitrogens is 6. The molecule has 0 unspecified atom stereocenters. The number of hydrogen-bond donors (Lipinski definition) is 0. The molecular weight excluding hydrogens is 693 g/mol. The fraction of sp³-hybridized carbons (Fsp3) is 0.542. The van der Waals surface area contributed by atoms with Crippen LogP contribution in [0.2, 0.25) is 0 Å². The summed E-state index contributed by atoms with van der Waals surface area (Å²) in [5.41, 5.74) is 2.22. The first-order valence-electron chi connectivity index (χ1n) is 20.8. The number of thiazole rings is 1. The Morgan fingerprint density at radius 2 is 0.800 bits per heavy atom. The molecule has 4 heterocycles. The van der Waals surface area contributed by atoms with Crippen molar-refractivity contribution < 1.29 is 0 Å². The molecule has 5 rings (SSSR count).